The lowest BCUT2D eigenvalue weighted by atomic mass is 10.0. The predicted molar refractivity (Wildman–Crippen MR) is 74.5 cm³/mol. The minimum absolute atomic E-state index is 0.0764. The first-order valence-electron chi connectivity index (χ1n) is 6.66. The van der Waals surface area contributed by atoms with E-state index in [1.807, 2.05) is 12.3 Å². The molecule has 3 N–H and O–H groups in total. The number of anilines is 1. The zero-order valence-corrected chi connectivity index (χ0v) is 11.6. The summed E-state index contributed by atoms with van der Waals surface area (Å²) in [5.41, 5.74) is 6.57. The highest BCUT2D eigenvalue weighted by Crippen LogP contribution is 2.28. The zero-order chi connectivity index (χ0) is 13.0. The van der Waals surface area contributed by atoms with E-state index in [9.17, 15) is 4.79 Å². The summed E-state index contributed by atoms with van der Waals surface area (Å²) in [7, 11) is 0. The summed E-state index contributed by atoms with van der Waals surface area (Å²) < 4.78 is 0. The van der Waals surface area contributed by atoms with E-state index >= 15 is 0 Å². The SMILES string of the molecule is CC(N)c1csc(NC(=O)CCC2CCCC2)n1. The van der Waals surface area contributed by atoms with E-state index in [0.29, 0.717) is 11.6 Å². The van der Waals surface area contributed by atoms with Gasteiger partial charge in [0.2, 0.25) is 5.91 Å². The van der Waals surface area contributed by atoms with Crippen LogP contribution in [0, 0.1) is 5.92 Å². The highest BCUT2D eigenvalue weighted by Gasteiger charge is 2.16. The molecule has 0 aromatic carbocycles. The molecule has 0 saturated heterocycles. The molecule has 0 bridgehead atoms. The monoisotopic (exact) mass is 267 g/mol. The van der Waals surface area contributed by atoms with Crippen LogP contribution in [0.3, 0.4) is 0 Å². The molecule has 1 atom stereocenters. The van der Waals surface area contributed by atoms with Crippen molar-refractivity contribution in [2.75, 3.05) is 5.32 Å². The summed E-state index contributed by atoms with van der Waals surface area (Å²) in [4.78, 5) is 16.1. The Morgan fingerprint density at radius 1 is 1.61 bits per heavy atom. The van der Waals surface area contributed by atoms with Crippen LogP contribution in [0.2, 0.25) is 0 Å². The highest BCUT2D eigenvalue weighted by molar-refractivity contribution is 7.13. The lowest BCUT2D eigenvalue weighted by Gasteiger charge is -2.07. The van der Waals surface area contributed by atoms with Gasteiger partial charge in [0.25, 0.3) is 0 Å². The molecule has 18 heavy (non-hydrogen) atoms. The van der Waals surface area contributed by atoms with Crippen molar-refractivity contribution in [3.8, 4) is 0 Å². The van der Waals surface area contributed by atoms with Crippen molar-refractivity contribution < 1.29 is 4.79 Å². The van der Waals surface area contributed by atoms with E-state index in [0.717, 1.165) is 18.0 Å². The second kappa shape index (κ2) is 6.29. The van der Waals surface area contributed by atoms with E-state index in [2.05, 4.69) is 10.3 Å². The Labute approximate surface area is 112 Å². The molecule has 1 amide bonds. The number of rotatable bonds is 5. The maximum Gasteiger partial charge on any atom is 0.226 e. The van der Waals surface area contributed by atoms with Gasteiger partial charge in [0.1, 0.15) is 0 Å². The number of nitrogens with zero attached hydrogens (tertiary/aromatic N) is 1. The van der Waals surface area contributed by atoms with Gasteiger partial charge in [-0.3, -0.25) is 4.79 Å². The lowest BCUT2D eigenvalue weighted by Crippen LogP contribution is -2.13. The number of nitrogens with one attached hydrogen (secondary N) is 1. The van der Waals surface area contributed by atoms with Gasteiger partial charge < -0.3 is 11.1 Å². The predicted octanol–water partition coefficient (Wildman–Crippen LogP) is 3.07. The molecule has 1 unspecified atom stereocenters. The molecule has 1 aromatic rings. The van der Waals surface area contributed by atoms with E-state index < -0.39 is 0 Å². The zero-order valence-electron chi connectivity index (χ0n) is 10.8. The Morgan fingerprint density at radius 3 is 2.94 bits per heavy atom. The Balaban J connectivity index is 1.75. The fourth-order valence-electron chi connectivity index (χ4n) is 2.37. The second-order valence-corrected chi connectivity index (χ2v) is 5.96. The number of hydrogen-bond acceptors (Lipinski definition) is 4. The van der Waals surface area contributed by atoms with Gasteiger partial charge in [-0.1, -0.05) is 25.7 Å². The van der Waals surface area contributed by atoms with Crippen LogP contribution in [-0.2, 0) is 4.79 Å². The van der Waals surface area contributed by atoms with E-state index in [-0.39, 0.29) is 11.9 Å². The first-order chi connectivity index (χ1) is 8.65. The molecule has 0 radical (unpaired) electrons. The molecule has 1 heterocycles. The molecule has 0 aliphatic heterocycles. The molecule has 4 nitrogen and oxygen atoms in total. The summed E-state index contributed by atoms with van der Waals surface area (Å²) in [5.74, 6) is 0.833. The van der Waals surface area contributed by atoms with Gasteiger partial charge in [-0.15, -0.1) is 11.3 Å². The summed E-state index contributed by atoms with van der Waals surface area (Å²) in [6, 6.07) is -0.0783. The van der Waals surface area contributed by atoms with Crippen LogP contribution in [0.5, 0.6) is 0 Å². The minimum Gasteiger partial charge on any atom is -0.323 e. The Morgan fingerprint density at radius 2 is 2.33 bits per heavy atom. The van der Waals surface area contributed by atoms with Gasteiger partial charge >= 0.3 is 0 Å². The standard InChI is InChI=1S/C13H21N3OS/c1-9(14)11-8-18-13(15-11)16-12(17)7-6-10-4-2-3-5-10/h8-10H,2-7,14H2,1H3,(H,15,16,17). The number of hydrogen-bond donors (Lipinski definition) is 2. The maximum atomic E-state index is 11.8. The Hall–Kier alpha value is -0.940. The van der Waals surface area contributed by atoms with Gasteiger partial charge in [-0.05, 0) is 19.3 Å². The first-order valence-corrected chi connectivity index (χ1v) is 7.54. The van der Waals surface area contributed by atoms with Crippen LogP contribution in [0.15, 0.2) is 5.38 Å². The van der Waals surface area contributed by atoms with Crippen LogP contribution in [0.1, 0.15) is 57.2 Å². The molecule has 1 aliphatic rings. The third-order valence-corrected chi connectivity index (χ3v) is 4.27. The van der Waals surface area contributed by atoms with Crippen molar-refractivity contribution in [3.05, 3.63) is 11.1 Å². The lowest BCUT2D eigenvalue weighted by molar-refractivity contribution is -0.116. The fraction of sp³-hybridized carbons (Fsp3) is 0.692. The summed E-state index contributed by atoms with van der Waals surface area (Å²) in [6.07, 6.45) is 6.86. The molecule has 1 saturated carbocycles. The molecule has 1 aliphatic carbocycles. The van der Waals surface area contributed by atoms with Gasteiger partial charge in [-0.25, -0.2) is 4.98 Å². The maximum absolute atomic E-state index is 11.8. The smallest absolute Gasteiger partial charge is 0.226 e. The minimum atomic E-state index is -0.0783. The van der Waals surface area contributed by atoms with Gasteiger partial charge in [0.15, 0.2) is 5.13 Å². The van der Waals surface area contributed by atoms with Crippen LogP contribution in [0.4, 0.5) is 5.13 Å². The molecule has 1 aromatic heterocycles. The molecule has 100 valence electrons. The van der Waals surface area contributed by atoms with Crippen molar-refractivity contribution in [1.29, 1.82) is 0 Å². The van der Waals surface area contributed by atoms with Crippen LogP contribution in [0.25, 0.3) is 0 Å². The fourth-order valence-corrected chi connectivity index (χ4v) is 3.20. The van der Waals surface area contributed by atoms with E-state index in [4.69, 9.17) is 5.73 Å². The van der Waals surface area contributed by atoms with Gasteiger partial charge in [-0.2, -0.15) is 0 Å². The summed E-state index contributed by atoms with van der Waals surface area (Å²) in [5, 5.41) is 5.42. The number of aromatic nitrogens is 1. The normalized spacial score (nSPS) is 17.9. The molecule has 2 rings (SSSR count). The number of thiazole rings is 1. The molecule has 5 heteroatoms. The molecule has 1 fully saturated rings. The summed E-state index contributed by atoms with van der Waals surface area (Å²) in [6.45, 7) is 1.89. The van der Waals surface area contributed by atoms with Gasteiger partial charge in [0.05, 0.1) is 5.69 Å². The molecular formula is C13H21N3OS. The number of carbonyl (C=O) groups excluding carboxylic acids is 1. The van der Waals surface area contributed by atoms with Crippen molar-refractivity contribution in [2.24, 2.45) is 11.7 Å². The largest absolute Gasteiger partial charge is 0.323 e. The third-order valence-electron chi connectivity index (χ3n) is 3.49. The van der Waals surface area contributed by atoms with Crippen molar-refractivity contribution in [3.63, 3.8) is 0 Å². The Kier molecular flexibility index (Phi) is 4.72. The van der Waals surface area contributed by atoms with E-state index in [1.165, 1.54) is 37.0 Å². The first kappa shape index (κ1) is 13.5. The molecule has 0 spiro atoms. The topological polar surface area (TPSA) is 68.0 Å². The number of carbonyl (C=O) groups is 1. The van der Waals surface area contributed by atoms with Crippen LogP contribution in [-0.4, -0.2) is 10.9 Å². The molecular weight excluding hydrogens is 246 g/mol. The Bertz CT molecular complexity index is 397. The van der Waals surface area contributed by atoms with Crippen molar-refractivity contribution in [1.82, 2.24) is 4.98 Å². The average molecular weight is 267 g/mol. The summed E-state index contributed by atoms with van der Waals surface area (Å²) >= 11 is 1.44. The van der Waals surface area contributed by atoms with E-state index in [1.54, 1.807) is 0 Å². The highest BCUT2D eigenvalue weighted by atomic mass is 32.1. The van der Waals surface area contributed by atoms with Crippen molar-refractivity contribution >= 4 is 22.4 Å². The van der Waals surface area contributed by atoms with Crippen LogP contribution < -0.4 is 11.1 Å². The van der Waals surface area contributed by atoms with Crippen molar-refractivity contribution in [2.45, 2.75) is 51.5 Å². The quantitative estimate of drug-likeness (QED) is 0.861. The number of nitrogens with two attached hydrogens (primary N) is 1. The van der Waals surface area contributed by atoms with Crippen LogP contribution >= 0.6 is 11.3 Å². The second-order valence-electron chi connectivity index (χ2n) is 5.10. The number of amides is 1. The average Bonchev–Trinajstić information content (AvgIpc) is 2.96. The van der Waals surface area contributed by atoms with Gasteiger partial charge in [0, 0.05) is 17.8 Å². The third kappa shape index (κ3) is 3.78.